The lowest BCUT2D eigenvalue weighted by Gasteiger charge is -2.43. The molecule has 1 aliphatic heterocycles. The summed E-state index contributed by atoms with van der Waals surface area (Å²) in [5, 5.41) is 0. The first-order valence-electron chi connectivity index (χ1n) is 7.40. The third kappa shape index (κ3) is 3.54. The van der Waals surface area contributed by atoms with Gasteiger partial charge in [-0.1, -0.05) is 26.2 Å². The van der Waals surface area contributed by atoms with Crippen molar-refractivity contribution in [2.75, 3.05) is 6.61 Å². The zero-order chi connectivity index (χ0) is 12.1. The van der Waals surface area contributed by atoms with Crippen LogP contribution >= 0.6 is 0 Å². The molecule has 17 heavy (non-hydrogen) atoms. The van der Waals surface area contributed by atoms with E-state index < -0.39 is 0 Å². The number of ether oxygens (including phenoxy) is 1. The summed E-state index contributed by atoms with van der Waals surface area (Å²) in [5.41, 5.74) is 0.205. The molecule has 0 aromatic heterocycles. The van der Waals surface area contributed by atoms with E-state index in [1.165, 1.54) is 44.9 Å². The average molecular weight is 238 g/mol. The molecular weight excluding hydrogens is 212 g/mol. The molecular formula is C15H26O2. The predicted octanol–water partition coefficient (Wildman–Crippen LogP) is 3.88. The van der Waals surface area contributed by atoms with E-state index in [1.54, 1.807) is 0 Å². The third-order valence-electron chi connectivity index (χ3n) is 4.59. The van der Waals surface area contributed by atoms with Crippen LogP contribution in [0, 0.1) is 5.92 Å². The van der Waals surface area contributed by atoms with Gasteiger partial charge in [-0.15, -0.1) is 0 Å². The van der Waals surface area contributed by atoms with Crippen LogP contribution < -0.4 is 0 Å². The van der Waals surface area contributed by atoms with Gasteiger partial charge in [-0.25, -0.2) is 0 Å². The van der Waals surface area contributed by atoms with Crippen LogP contribution in [0.25, 0.3) is 0 Å². The van der Waals surface area contributed by atoms with E-state index in [9.17, 15) is 4.79 Å². The number of rotatable bonds is 4. The first-order valence-corrected chi connectivity index (χ1v) is 7.40. The Balaban J connectivity index is 1.81. The molecule has 2 fully saturated rings. The monoisotopic (exact) mass is 238 g/mol. The van der Waals surface area contributed by atoms with Crippen molar-refractivity contribution in [3.63, 3.8) is 0 Å². The SMILES string of the molecule is CCC(=O)CCC1CCOC2(CCCCC2)C1. The molecule has 1 unspecified atom stereocenters. The molecule has 1 saturated heterocycles. The molecule has 2 heteroatoms. The topological polar surface area (TPSA) is 26.3 Å². The molecule has 2 nitrogen and oxygen atoms in total. The Hall–Kier alpha value is -0.370. The zero-order valence-corrected chi connectivity index (χ0v) is 11.2. The van der Waals surface area contributed by atoms with Gasteiger partial charge in [0.2, 0.25) is 0 Å². The van der Waals surface area contributed by atoms with Gasteiger partial charge in [-0.2, -0.15) is 0 Å². The summed E-state index contributed by atoms with van der Waals surface area (Å²) in [7, 11) is 0. The second-order valence-electron chi connectivity index (χ2n) is 5.88. The minimum Gasteiger partial charge on any atom is -0.375 e. The number of ketones is 1. The summed E-state index contributed by atoms with van der Waals surface area (Å²) in [5.74, 6) is 1.16. The normalized spacial score (nSPS) is 28.2. The zero-order valence-electron chi connectivity index (χ0n) is 11.2. The largest absolute Gasteiger partial charge is 0.375 e. The van der Waals surface area contributed by atoms with E-state index >= 15 is 0 Å². The van der Waals surface area contributed by atoms with Gasteiger partial charge in [-0.3, -0.25) is 4.79 Å². The predicted molar refractivity (Wildman–Crippen MR) is 69.0 cm³/mol. The molecule has 0 bridgehead atoms. The molecule has 0 radical (unpaired) electrons. The Labute approximate surface area is 105 Å². The second kappa shape index (κ2) is 5.99. The Kier molecular flexibility index (Phi) is 4.61. The first kappa shape index (κ1) is 13.1. The van der Waals surface area contributed by atoms with E-state index in [2.05, 4.69) is 0 Å². The fraction of sp³-hybridized carbons (Fsp3) is 0.933. The maximum absolute atomic E-state index is 11.4. The van der Waals surface area contributed by atoms with Crippen LogP contribution in [-0.2, 0) is 9.53 Å². The molecule has 0 aromatic rings. The van der Waals surface area contributed by atoms with Gasteiger partial charge in [0, 0.05) is 19.4 Å². The minimum atomic E-state index is 0.205. The lowest BCUT2D eigenvalue weighted by molar-refractivity contribution is -0.124. The number of hydrogen-bond donors (Lipinski definition) is 0. The minimum absolute atomic E-state index is 0.205. The Morgan fingerprint density at radius 3 is 2.76 bits per heavy atom. The summed E-state index contributed by atoms with van der Waals surface area (Å²) in [6, 6.07) is 0. The van der Waals surface area contributed by atoms with E-state index in [4.69, 9.17) is 4.74 Å². The maximum atomic E-state index is 11.4. The van der Waals surface area contributed by atoms with Crippen molar-refractivity contribution in [2.24, 2.45) is 5.92 Å². The highest BCUT2D eigenvalue weighted by Crippen LogP contribution is 2.41. The molecule has 0 aromatic carbocycles. The van der Waals surface area contributed by atoms with E-state index in [-0.39, 0.29) is 5.60 Å². The molecule has 1 spiro atoms. The molecule has 1 saturated carbocycles. The van der Waals surface area contributed by atoms with Crippen LogP contribution in [-0.4, -0.2) is 18.0 Å². The summed E-state index contributed by atoms with van der Waals surface area (Å²) >= 11 is 0. The lowest BCUT2D eigenvalue weighted by Crippen LogP contribution is -2.41. The second-order valence-corrected chi connectivity index (χ2v) is 5.88. The Morgan fingerprint density at radius 2 is 2.06 bits per heavy atom. The van der Waals surface area contributed by atoms with Gasteiger partial charge in [-0.05, 0) is 38.0 Å². The summed E-state index contributed by atoms with van der Waals surface area (Å²) in [6.07, 6.45) is 11.5. The molecule has 2 aliphatic rings. The fourth-order valence-electron chi connectivity index (χ4n) is 3.46. The van der Waals surface area contributed by atoms with Crippen molar-refractivity contribution in [3.05, 3.63) is 0 Å². The first-order chi connectivity index (χ1) is 8.24. The van der Waals surface area contributed by atoms with Gasteiger partial charge in [0.25, 0.3) is 0 Å². The molecule has 1 aliphatic carbocycles. The average Bonchev–Trinajstić information content (AvgIpc) is 2.37. The molecule has 2 rings (SSSR count). The van der Waals surface area contributed by atoms with Gasteiger partial charge >= 0.3 is 0 Å². The van der Waals surface area contributed by atoms with Crippen LogP contribution in [0.1, 0.15) is 71.1 Å². The van der Waals surface area contributed by atoms with Gasteiger partial charge in [0.1, 0.15) is 5.78 Å². The van der Waals surface area contributed by atoms with Crippen molar-refractivity contribution in [1.29, 1.82) is 0 Å². The van der Waals surface area contributed by atoms with Crippen LogP contribution in [0.2, 0.25) is 0 Å². The van der Waals surface area contributed by atoms with Crippen LogP contribution in [0.3, 0.4) is 0 Å². The molecule has 0 N–H and O–H groups in total. The maximum Gasteiger partial charge on any atom is 0.132 e. The highest BCUT2D eigenvalue weighted by molar-refractivity contribution is 5.77. The van der Waals surface area contributed by atoms with Gasteiger partial charge in [0.15, 0.2) is 0 Å². The fourth-order valence-corrected chi connectivity index (χ4v) is 3.46. The van der Waals surface area contributed by atoms with Crippen molar-refractivity contribution < 1.29 is 9.53 Å². The van der Waals surface area contributed by atoms with Crippen LogP contribution in [0.4, 0.5) is 0 Å². The summed E-state index contributed by atoms with van der Waals surface area (Å²) < 4.78 is 6.08. The van der Waals surface area contributed by atoms with Crippen LogP contribution in [0.15, 0.2) is 0 Å². The van der Waals surface area contributed by atoms with Crippen molar-refractivity contribution in [2.45, 2.75) is 76.7 Å². The lowest BCUT2D eigenvalue weighted by atomic mass is 9.75. The molecule has 1 heterocycles. The van der Waals surface area contributed by atoms with Crippen LogP contribution in [0.5, 0.6) is 0 Å². The molecule has 1 atom stereocenters. The Bertz CT molecular complexity index is 248. The van der Waals surface area contributed by atoms with Crippen molar-refractivity contribution in [1.82, 2.24) is 0 Å². The smallest absolute Gasteiger partial charge is 0.132 e. The van der Waals surface area contributed by atoms with Gasteiger partial charge in [0.05, 0.1) is 5.60 Å². The number of carbonyl (C=O) groups is 1. The summed E-state index contributed by atoms with van der Waals surface area (Å²) in [4.78, 5) is 11.4. The standard InChI is InChI=1S/C15H26O2/c1-2-14(16)7-6-13-8-11-17-15(12-13)9-4-3-5-10-15/h13H,2-12H2,1H3. The molecule has 98 valence electrons. The highest BCUT2D eigenvalue weighted by atomic mass is 16.5. The van der Waals surface area contributed by atoms with Gasteiger partial charge < -0.3 is 4.74 Å². The van der Waals surface area contributed by atoms with Crippen molar-refractivity contribution >= 4 is 5.78 Å². The number of hydrogen-bond acceptors (Lipinski definition) is 2. The van der Waals surface area contributed by atoms with Crippen molar-refractivity contribution in [3.8, 4) is 0 Å². The van der Waals surface area contributed by atoms with E-state index in [0.717, 1.165) is 25.4 Å². The van der Waals surface area contributed by atoms with E-state index in [0.29, 0.717) is 12.2 Å². The molecule has 0 amide bonds. The number of carbonyl (C=O) groups excluding carboxylic acids is 1. The summed E-state index contributed by atoms with van der Waals surface area (Å²) in [6.45, 7) is 2.89. The Morgan fingerprint density at radius 1 is 1.29 bits per heavy atom. The van der Waals surface area contributed by atoms with E-state index in [1.807, 2.05) is 6.92 Å². The highest BCUT2D eigenvalue weighted by Gasteiger charge is 2.38. The quantitative estimate of drug-likeness (QED) is 0.743. The number of Topliss-reactive ketones (excluding diaryl/α,β-unsaturated/α-hetero) is 1. The third-order valence-corrected chi connectivity index (χ3v) is 4.59.